The van der Waals surface area contributed by atoms with E-state index in [0.29, 0.717) is 0 Å². The molecule has 3 nitrogen and oxygen atoms in total. The quantitative estimate of drug-likeness (QED) is 0.668. The number of hydrogen-bond donors (Lipinski definition) is 1. The highest BCUT2D eigenvalue weighted by Gasteiger charge is 2.16. The number of benzene rings is 2. The van der Waals surface area contributed by atoms with Crippen LogP contribution in [-0.2, 0) is 0 Å². The fourth-order valence-corrected chi connectivity index (χ4v) is 2.68. The number of piperazine rings is 1. The van der Waals surface area contributed by atoms with Gasteiger partial charge >= 0.3 is 0 Å². The highest BCUT2D eigenvalue weighted by Crippen LogP contribution is 2.19. The second-order valence-corrected chi connectivity index (χ2v) is 5.93. The average Bonchev–Trinajstić information content (AvgIpc) is 2.56. The van der Waals surface area contributed by atoms with E-state index in [1.54, 1.807) is 0 Å². The predicted molar refractivity (Wildman–Crippen MR) is 91.2 cm³/mol. The van der Waals surface area contributed by atoms with Gasteiger partial charge in [0.05, 0.1) is 5.69 Å². The van der Waals surface area contributed by atoms with Crippen LogP contribution in [0.5, 0.6) is 0 Å². The molecule has 1 saturated heterocycles. The molecule has 0 atom stereocenters. The standard InChI is InChI=1S/C17H18BrN3/c18-15-6-8-16(9-7-15)20-17(14-4-2-1-3-5-14)21-12-10-19-11-13-21/h1-9,19H,10-13H2. The summed E-state index contributed by atoms with van der Waals surface area (Å²) in [6, 6.07) is 18.5. The average molecular weight is 344 g/mol. The Kier molecular flexibility index (Phi) is 4.68. The summed E-state index contributed by atoms with van der Waals surface area (Å²) in [6.45, 7) is 3.99. The maximum Gasteiger partial charge on any atom is 0.136 e. The number of aliphatic imine (C=N–C) groups is 1. The van der Waals surface area contributed by atoms with E-state index < -0.39 is 0 Å². The van der Waals surface area contributed by atoms with Crippen LogP contribution >= 0.6 is 15.9 Å². The van der Waals surface area contributed by atoms with Gasteiger partial charge in [-0.2, -0.15) is 0 Å². The molecule has 1 aliphatic rings. The number of nitrogens with zero attached hydrogens (tertiary/aromatic N) is 2. The molecule has 1 aliphatic heterocycles. The van der Waals surface area contributed by atoms with Crippen LogP contribution in [0.15, 0.2) is 64.1 Å². The molecular weight excluding hydrogens is 326 g/mol. The minimum Gasteiger partial charge on any atom is -0.354 e. The third kappa shape index (κ3) is 3.71. The molecule has 0 spiro atoms. The Hall–Kier alpha value is -1.65. The molecule has 1 heterocycles. The largest absolute Gasteiger partial charge is 0.354 e. The maximum absolute atomic E-state index is 4.89. The van der Waals surface area contributed by atoms with Crippen molar-refractivity contribution in [2.45, 2.75) is 0 Å². The van der Waals surface area contributed by atoms with Crippen molar-refractivity contribution in [2.24, 2.45) is 4.99 Å². The summed E-state index contributed by atoms with van der Waals surface area (Å²) >= 11 is 3.47. The second-order valence-electron chi connectivity index (χ2n) is 5.01. The van der Waals surface area contributed by atoms with Gasteiger partial charge < -0.3 is 10.2 Å². The summed E-state index contributed by atoms with van der Waals surface area (Å²) in [5, 5.41) is 3.39. The first kappa shape index (κ1) is 14.3. The molecule has 3 rings (SSSR count). The summed E-state index contributed by atoms with van der Waals surface area (Å²) in [6.07, 6.45) is 0. The molecule has 1 fully saturated rings. The van der Waals surface area contributed by atoms with E-state index in [2.05, 4.69) is 50.4 Å². The maximum atomic E-state index is 4.89. The molecule has 1 N–H and O–H groups in total. The zero-order valence-electron chi connectivity index (χ0n) is 11.8. The minimum absolute atomic E-state index is 0.982. The van der Waals surface area contributed by atoms with Crippen LogP contribution in [0.25, 0.3) is 0 Å². The molecule has 21 heavy (non-hydrogen) atoms. The van der Waals surface area contributed by atoms with Gasteiger partial charge in [-0.15, -0.1) is 0 Å². The Morgan fingerprint density at radius 3 is 2.29 bits per heavy atom. The van der Waals surface area contributed by atoms with Crippen molar-refractivity contribution in [3.05, 3.63) is 64.6 Å². The fourth-order valence-electron chi connectivity index (χ4n) is 2.42. The lowest BCUT2D eigenvalue weighted by atomic mass is 10.1. The molecule has 0 radical (unpaired) electrons. The van der Waals surface area contributed by atoms with Gasteiger partial charge in [0.1, 0.15) is 5.84 Å². The zero-order valence-corrected chi connectivity index (χ0v) is 13.4. The van der Waals surface area contributed by atoms with E-state index in [0.717, 1.165) is 42.2 Å². The summed E-state index contributed by atoms with van der Waals surface area (Å²) < 4.78 is 1.07. The third-order valence-corrected chi connectivity index (χ3v) is 4.04. The van der Waals surface area contributed by atoms with Gasteiger partial charge in [-0.1, -0.05) is 46.3 Å². The topological polar surface area (TPSA) is 27.6 Å². The van der Waals surface area contributed by atoms with E-state index >= 15 is 0 Å². The molecule has 0 aliphatic carbocycles. The lowest BCUT2D eigenvalue weighted by Gasteiger charge is -2.30. The summed E-state index contributed by atoms with van der Waals surface area (Å²) in [4.78, 5) is 7.24. The van der Waals surface area contributed by atoms with Crippen LogP contribution in [0.1, 0.15) is 5.56 Å². The second kappa shape index (κ2) is 6.87. The molecule has 0 amide bonds. The number of halogens is 1. The van der Waals surface area contributed by atoms with Crippen LogP contribution < -0.4 is 5.32 Å². The van der Waals surface area contributed by atoms with Gasteiger partial charge in [-0.05, 0) is 24.3 Å². The Labute approximate surface area is 133 Å². The minimum atomic E-state index is 0.982. The molecule has 108 valence electrons. The van der Waals surface area contributed by atoms with E-state index in [-0.39, 0.29) is 0 Å². The zero-order chi connectivity index (χ0) is 14.5. The van der Waals surface area contributed by atoms with Gasteiger partial charge in [0.25, 0.3) is 0 Å². The van der Waals surface area contributed by atoms with Crippen molar-refractivity contribution in [3.8, 4) is 0 Å². The lowest BCUT2D eigenvalue weighted by Crippen LogP contribution is -2.46. The van der Waals surface area contributed by atoms with Crippen molar-refractivity contribution >= 4 is 27.5 Å². The van der Waals surface area contributed by atoms with Crippen LogP contribution in [0, 0.1) is 0 Å². The smallest absolute Gasteiger partial charge is 0.136 e. The SMILES string of the molecule is Brc1ccc(N=C(c2ccccc2)N2CCNCC2)cc1. The number of hydrogen-bond acceptors (Lipinski definition) is 2. The molecule has 0 aromatic heterocycles. The summed E-state index contributed by atoms with van der Waals surface area (Å²) in [5.41, 5.74) is 2.15. The highest BCUT2D eigenvalue weighted by atomic mass is 79.9. The number of amidine groups is 1. The first-order valence-corrected chi connectivity index (χ1v) is 7.97. The van der Waals surface area contributed by atoms with E-state index in [9.17, 15) is 0 Å². The molecule has 0 unspecified atom stereocenters. The van der Waals surface area contributed by atoms with Crippen molar-refractivity contribution in [1.29, 1.82) is 0 Å². The van der Waals surface area contributed by atoms with Gasteiger partial charge in [0.15, 0.2) is 0 Å². The van der Waals surface area contributed by atoms with E-state index in [4.69, 9.17) is 4.99 Å². The monoisotopic (exact) mass is 343 g/mol. The molecule has 2 aromatic rings. The van der Waals surface area contributed by atoms with Crippen LogP contribution in [-0.4, -0.2) is 36.9 Å². The molecule has 4 heteroatoms. The lowest BCUT2D eigenvalue weighted by molar-refractivity contribution is 0.358. The Balaban J connectivity index is 1.96. The summed E-state index contributed by atoms with van der Waals surface area (Å²) in [5.74, 6) is 1.06. The number of rotatable bonds is 2. The van der Waals surface area contributed by atoms with Crippen molar-refractivity contribution in [2.75, 3.05) is 26.2 Å². The highest BCUT2D eigenvalue weighted by molar-refractivity contribution is 9.10. The third-order valence-electron chi connectivity index (χ3n) is 3.51. The Morgan fingerprint density at radius 2 is 1.62 bits per heavy atom. The van der Waals surface area contributed by atoms with Crippen molar-refractivity contribution in [1.82, 2.24) is 10.2 Å². The Morgan fingerprint density at radius 1 is 0.952 bits per heavy atom. The van der Waals surface area contributed by atoms with Gasteiger partial charge in [0.2, 0.25) is 0 Å². The van der Waals surface area contributed by atoms with Crippen LogP contribution in [0.2, 0.25) is 0 Å². The van der Waals surface area contributed by atoms with Gasteiger partial charge in [-0.25, -0.2) is 4.99 Å². The summed E-state index contributed by atoms with van der Waals surface area (Å²) in [7, 11) is 0. The van der Waals surface area contributed by atoms with Crippen LogP contribution in [0.3, 0.4) is 0 Å². The van der Waals surface area contributed by atoms with Crippen molar-refractivity contribution < 1.29 is 0 Å². The van der Waals surface area contributed by atoms with Gasteiger partial charge in [-0.3, -0.25) is 0 Å². The van der Waals surface area contributed by atoms with E-state index in [1.807, 2.05) is 30.3 Å². The first-order chi connectivity index (χ1) is 10.3. The predicted octanol–water partition coefficient (Wildman–Crippen LogP) is 3.43. The molecule has 2 aromatic carbocycles. The molecular formula is C17H18BrN3. The fraction of sp³-hybridized carbons (Fsp3) is 0.235. The molecule has 0 bridgehead atoms. The first-order valence-electron chi connectivity index (χ1n) is 7.18. The number of nitrogens with one attached hydrogen (secondary N) is 1. The van der Waals surface area contributed by atoms with Crippen molar-refractivity contribution in [3.63, 3.8) is 0 Å². The molecule has 0 saturated carbocycles. The normalized spacial score (nSPS) is 16.0. The van der Waals surface area contributed by atoms with Crippen LogP contribution in [0.4, 0.5) is 5.69 Å². The van der Waals surface area contributed by atoms with Gasteiger partial charge in [0, 0.05) is 36.2 Å². The van der Waals surface area contributed by atoms with E-state index in [1.165, 1.54) is 5.56 Å². The Bertz CT molecular complexity index is 602.